The lowest BCUT2D eigenvalue weighted by Gasteiger charge is -2.32. The Morgan fingerprint density at radius 2 is 1.90 bits per heavy atom. The Hall–Kier alpha value is -3.82. The number of phenolic OH excluding ortho intramolecular Hbond substituents is 1. The number of aromatic nitrogens is 2. The number of amides is 1. The van der Waals surface area contributed by atoms with Crippen LogP contribution in [0, 0.1) is 11.7 Å². The molecule has 0 fully saturated rings. The van der Waals surface area contributed by atoms with Gasteiger partial charge in [0.15, 0.2) is 5.82 Å². The number of H-pyrrole nitrogens is 2. The number of phenols is 1. The van der Waals surface area contributed by atoms with Gasteiger partial charge in [0.05, 0.1) is 0 Å². The minimum absolute atomic E-state index is 0.110. The van der Waals surface area contributed by atoms with E-state index in [1.807, 2.05) is 18.0 Å². The van der Waals surface area contributed by atoms with Gasteiger partial charge < -0.3 is 19.6 Å². The number of aryl methyl sites for hydroxylation is 1. The molecule has 1 aliphatic rings. The van der Waals surface area contributed by atoms with Gasteiger partial charge in [-0.25, -0.2) is 9.59 Å². The van der Waals surface area contributed by atoms with E-state index in [9.17, 15) is 23.9 Å². The van der Waals surface area contributed by atoms with Crippen LogP contribution in [0.5, 0.6) is 11.5 Å². The predicted octanol–water partition coefficient (Wildman–Crippen LogP) is 5.61. The summed E-state index contributed by atoms with van der Waals surface area (Å²) in [6.45, 7) is 10.9. The summed E-state index contributed by atoms with van der Waals surface area (Å²) < 4.78 is 20.1. The van der Waals surface area contributed by atoms with Gasteiger partial charge in [-0.3, -0.25) is 14.8 Å². The van der Waals surface area contributed by atoms with E-state index < -0.39 is 23.2 Å². The number of anilines is 1. The standard InChI is InChI=1S/C31H43FN4O5/c1-7-8-9-11-21-17-24(37)26(23-16-20(4)12-13-22(23)19(2)3)25(18-21)41-31(40)36(6)15-10-14-35(5)28-27(32)29(38)34-30(39)33-28/h16-18,22-23,37H,2,7-15H2,1,3-6H3,(H2,33,34,38,39)/t22-,23+/m0/s1. The summed E-state index contributed by atoms with van der Waals surface area (Å²) in [5.41, 5.74) is 1.84. The van der Waals surface area contributed by atoms with Gasteiger partial charge in [-0.1, -0.05) is 43.6 Å². The minimum Gasteiger partial charge on any atom is -0.507 e. The lowest BCUT2D eigenvalue weighted by Crippen LogP contribution is -2.35. The van der Waals surface area contributed by atoms with E-state index in [-0.39, 0.29) is 36.5 Å². The Balaban J connectivity index is 1.80. The maximum atomic E-state index is 14.2. The highest BCUT2D eigenvalue weighted by atomic mass is 19.1. The lowest BCUT2D eigenvalue weighted by molar-refractivity contribution is 0.162. The number of carbonyl (C=O) groups is 1. The molecule has 0 bridgehead atoms. The van der Waals surface area contributed by atoms with E-state index in [2.05, 4.69) is 31.5 Å². The largest absolute Gasteiger partial charge is 0.507 e. The van der Waals surface area contributed by atoms with Gasteiger partial charge in [0.25, 0.3) is 5.56 Å². The second kappa shape index (κ2) is 14.2. The van der Waals surface area contributed by atoms with Crippen LogP contribution in [0.3, 0.4) is 0 Å². The van der Waals surface area contributed by atoms with Crippen molar-refractivity contribution in [3.8, 4) is 11.5 Å². The maximum absolute atomic E-state index is 14.2. The van der Waals surface area contributed by atoms with Crippen LogP contribution in [0.4, 0.5) is 15.0 Å². The number of allylic oxidation sites excluding steroid dienone is 3. The van der Waals surface area contributed by atoms with Crippen molar-refractivity contribution in [2.24, 2.45) is 5.92 Å². The first-order valence-corrected chi connectivity index (χ1v) is 14.3. The molecule has 3 rings (SSSR count). The number of rotatable bonds is 12. The average molecular weight is 571 g/mol. The normalized spacial score (nSPS) is 16.7. The van der Waals surface area contributed by atoms with Crippen molar-refractivity contribution in [1.29, 1.82) is 0 Å². The first-order chi connectivity index (χ1) is 19.4. The van der Waals surface area contributed by atoms with Crippen LogP contribution in [-0.4, -0.2) is 53.3 Å². The monoisotopic (exact) mass is 570 g/mol. The summed E-state index contributed by atoms with van der Waals surface area (Å²) >= 11 is 0. The summed E-state index contributed by atoms with van der Waals surface area (Å²) in [7, 11) is 3.15. The van der Waals surface area contributed by atoms with Crippen molar-refractivity contribution in [3.63, 3.8) is 0 Å². The topological polar surface area (TPSA) is 119 Å². The first kappa shape index (κ1) is 31.7. The van der Waals surface area contributed by atoms with Crippen molar-refractivity contribution in [2.45, 2.75) is 71.6 Å². The minimum atomic E-state index is -1.09. The molecule has 9 nitrogen and oxygen atoms in total. The molecular weight excluding hydrogens is 527 g/mol. The molecule has 0 spiro atoms. The highest BCUT2D eigenvalue weighted by molar-refractivity contribution is 5.72. The van der Waals surface area contributed by atoms with E-state index in [1.54, 1.807) is 20.2 Å². The molecule has 10 heteroatoms. The molecule has 3 N–H and O–H groups in total. The quantitative estimate of drug-likeness (QED) is 0.225. The van der Waals surface area contributed by atoms with Gasteiger partial charge in [0.1, 0.15) is 11.5 Å². The third-order valence-electron chi connectivity index (χ3n) is 7.71. The zero-order chi connectivity index (χ0) is 30.3. The molecule has 0 saturated carbocycles. The number of hydrogen-bond donors (Lipinski definition) is 3. The van der Waals surface area contributed by atoms with Crippen LogP contribution in [0.1, 0.15) is 76.3 Å². The van der Waals surface area contributed by atoms with Gasteiger partial charge in [-0.05, 0) is 69.6 Å². The lowest BCUT2D eigenvalue weighted by atomic mass is 9.73. The number of halogens is 1. The third kappa shape index (κ3) is 8.11. The Morgan fingerprint density at radius 1 is 1.17 bits per heavy atom. The molecule has 1 amide bonds. The smallest absolute Gasteiger partial charge is 0.414 e. The first-order valence-electron chi connectivity index (χ1n) is 14.3. The number of hydrogen-bond acceptors (Lipinski definition) is 6. The Kier molecular flexibility index (Phi) is 11.0. The fraction of sp³-hybridized carbons (Fsp3) is 0.516. The highest BCUT2D eigenvalue weighted by Crippen LogP contribution is 2.47. The number of aromatic amines is 2. The van der Waals surface area contributed by atoms with Gasteiger partial charge >= 0.3 is 11.8 Å². The van der Waals surface area contributed by atoms with Gasteiger partial charge in [0.2, 0.25) is 5.82 Å². The molecule has 2 atom stereocenters. The predicted molar refractivity (Wildman–Crippen MR) is 160 cm³/mol. The van der Waals surface area contributed by atoms with Crippen molar-refractivity contribution >= 4 is 11.9 Å². The second-order valence-electron chi connectivity index (χ2n) is 11.1. The highest BCUT2D eigenvalue weighted by Gasteiger charge is 2.31. The molecule has 0 saturated heterocycles. The van der Waals surface area contributed by atoms with E-state index in [1.165, 1.54) is 15.4 Å². The summed E-state index contributed by atoms with van der Waals surface area (Å²) in [5.74, 6) is -0.895. The fourth-order valence-electron chi connectivity index (χ4n) is 5.36. The van der Waals surface area contributed by atoms with Gasteiger partial charge in [-0.15, -0.1) is 0 Å². The fourth-order valence-corrected chi connectivity index (χ4v) is 5.36. The molecular formula is C31H43FN4O5. The maximum Gasteiger partial charge on any atom is 0.414 e. The number of unbranched alkanes of at least 4 members (excludes halogenated alkanes) is 2. The molecule has 41 heavy (non-hydrogen) atoms. The van der Waals surface area contributed by atoms with Crippen molar-refractivity contribution < 1.29 is 19.0 Å². The Labute approximate surface area is 240 Å². The summed E-state index contributed by atoms with van der Waals surface area (Å²) in [6.07, 6.45) is 7.68. The zero-order valence-corrected chi connectivity index (χ0v) is 24.8. The van der Waals surface area contributed by atoms with Crippen LogP contribution >= 0.6 is 0 Å². The summed E-state index contributed by atoms with van der Waals surface area (Å²) in [6, 6.07) is 3.65. The average Bonchev–Trinajstić information content (AvgIpc) is 2.90. The van der Waals surface area contributed by atoms with Crippen molar-refractivity contribution in [3.05, 3.63) is 73.7 Å². The molecule has 0 radical (unpaired) electrons. The third-order valence-corrected chi connectivity index (χ3v) is 7.71. The number of nitrogens with one attached hydrogen (secondary N) is 2. The molecule has 0 aliphatic heterocycles. The Bertz CT molecular complexity index is 1400. The second-order valence-corrected chi connectivity index (χ2v) is 11.1. The van der Waals surface area contributed by atoms with E-state index >= 15 is 0 Å². The number of carbonyl (C=O) groups excluding carboxylic acids is 1. The van der Waals surface area contributed by atoms with Crippen LogP contribution in [0.25, 0.3) is 0 Å². The van der Waals surface area contributed by atoms with Crippen LogP contribution in [0.15, 0.2) is 45.5 Å². The molecule has 1 heterocycles. The molecule has 1 aromatic heterocycles. The summed E-state index contributed by atoms with van der Waals surface area (Å²) in [5, 5.41) is 11.2. The van der Waals surface area contributed by atoms with Crippen molar-refractivity contribution in [1.82, 2.24) is 14.9 Å². The number of nitrogens with zero attached hydrogens (tertiary/aromatic N) is 2. The number of benzene rings is 1. The van der Waals surface area contributed by atoms with Crippen LogP contribution in [-0.2, 0) is 6.42 Å². The van der Waals surface area contributed by atoms with Gasteiger partial charge in [0, 0.05) is 38.7 Å². The Morgan fingerprint density at radius 3 is 2.59 bits per heavy atom. The molecule has 2 aromatic rings. The van der Waals surface area contributed by atoms with E-state index in [0.717, 1.165) is 49.7 Å². The van der Waals surface area contributed by atoms with Crippen LogP contribution in [0.2, 0.25) is 0 Å². The van der Waals surface area contributed by atoms with E-state index in [0.29, 0.717) is 17.7 Å². The van der Waals surface area contributed by atoms with Crippen molar-refractivity contribution in [2.75, 3.05) is 32.1 Å². The molecule has 1 aliphatic carbocycles. The zero-order valence-electron chi connectivity index (χ0n) is 24.8. The van der Waals surface area contributed by atoms with Gasteiger partial charge in [-0.2, -0.15) is 4.39 Å². The summed E-state index contributed by atoms with van der Waals surface area (Å²) in [4.78, 5) is 43.3. The van der Waals surface area contributed by atoms with E-state index in [4.69, 9.17) is 4.74 Å². The molecule has 224 valence electrons. The molecule has 1 aromatic carbocycles. The SMILES string of the molecule is C=C(C)[C@@H]1CCC(C)=C[C@H]1c1c(O)cc(CCCCC)cc1OC(=O)N(C)CCCN(C)c1[nH]c(=O)[nH]c(=O)c1F. The van der Waals surface area contributed by atoms with Crippen LogP contribution < -0.4 is 20.9 Å². The molecule has 0 unspecified atom stereocenters. The number of ether oxygens (including phenoxy) is 1. The number of aromatic hydroxyl groups is 1.